The van der Waals surface area contributed by atoms with Crippen molar-refractivity contribution in [1.29, 1.82) is 0 Å². The summed E-state index contributed by atoms with van der Waals surface area (Å²) in [6.45, 7) is 4.17. The Morgan fingerprint density at radius 2 is 2.11 bits per heavy atom. The molecule has 0 aliphatic carbocycles. The molecule has 0 N–H and O–H groups in total. The van der Waals surface area contributed by atoms with Crippen LogP contribution in [0.3, 0.4) is 0 Å². The van der Waals surface area contributed by atoms with Crippen molar-refractivity contribution in [3.05, 3.63) is 59.0 Å². The van der Waals surface area contributed by atoms with Crippen LogP contribution in [0.2, 0.25) is 0 Å². The number of aryl methyl sites for hydroxylation is 2. The molecule has 0 aliphatic heterocycles. The number of hydrogen-bond donors (Lipinski definition) is 0. The highest BCUT2D eigenvalue weighted by Crippen LogP contribution is 2.23. The maximum atomic E-state index is 5.85. The number of ether oxygens (including phenoxy) is 1. The minimum atomic E-state index is 0.172. The molecular formula is C18H17N7OS. The van der Waals surface area contributed by atoms with Crippen LogP contribution in [-0.2, 0) is 13.0 Å². The molecule has 9 heteroatoms. The standard InChI is InChI=1S/C18H17N7OS/c1-3-13-6-7-19-15(10-13)25-16(22-23-24-25)11-26-17-9-12(2)20-18(21-17)14-5-4-8-27-14/h4-10H,3,11H2,1-2H3. The normalized spacial score (nSPS) is 10.9. The fourth-order valence-electron chi connectivity index (χ4n) is 2.54. The summed E-state index contributed by atoms with van der Waals surface area (Å²) >= 11 is 1.59. The average molecular weight is 379 g/mol. The molecule has 0 aliphatic rings. The van der Waals surface area contributed by atoms with Crippen LogP contribution >= 0.6 is 11.3 Å². The SMILES string of the molecule is CCc1ccnc(-n2nnnc2COc2cc(C)nc(-c3cccs3)n2)c1. The highest BCUT2D eigenvalue weighted by Gasteiger charge is 2.12. The van der Waals surface area contributed by atoms with Crippen LogP contribution in [0.1, 0.15) is 24.0 Å². The van der Waals surface area contributed by atoms with E-state index in [2.05, 4.69) is 37.4 Å². The van der Waals surface area contributed by atoms with E-state index < -0.39 is 0 Å². The fourth-order valence-corrected chi connectivity index (χ4v) is 3.20. The van der Waals surface area contributed by atoms with E-state index in [1.807, 2.05) is 36.6 Å². The molecule has 0 atom stereocenters. The van der Waals surface area contributed by atoms with Crippen LogP contribution in [0.15, 0.2) is 41.9 Å². The highest BCUT2D eigenvalue weighted by molar-refractivity contribution is 7.13. The van der Waals surface area contributed by atoms with E-state index in [4.69, 9.17) is 4.74 Å². The van der Waals surface area contributed by atoms with Gasteiger partial charge in [0.1, 0.15) is 0 Å². The lowest BCUT2D eigenvalue weighted by Gasteiger charge is -2.08. The first kappa shape index (κ1) is 17.2. The number of thiophene rings is 1. The van der Waals surface area contributed by atoms with E-state index in [0.717, 1.165) is 22.6 Å². The van der Waals surface area contributed by atoms with Gasteiger partial charge in [-0.3, -0.25) is 0 Å². The lowest BCUT2D eigenvalue weighted by atomic mass is 10.2. The zero-order chi connectivity index (χ0) is 18.6. The van der Waals surface area contributed by atoms with Gasteiger partial charge in [0, 0.05) is 18.0 Å². The predicted molar refractivity (Wildman–Crippen MR) is 101 cm³/mol. The van der Waals surface area contributed by atoms with E-state index in [0.29, 0.717) is 23.3 Å². The zero-order valence-electron chi connectivity index (χ0n) is 14.9. The van der Waals surface area contributed by atoms with Crippen molar-refractivity contribution in [2.45, 2.75) is 26.9 Å². The average Bonchev–Trinajstić information content (AvgIpc) is 3.38. The lowest BCUT2D eigenvalue weighted by molar-refractivity contribution is 0.280. The number of aromatic nitrogens is 7. The van der Waals surface area contributed by atoms with Gasteiger partial charge in [0.05, 0.1) is 4.88 Å². The highest BCUT2D eigenvalue weighted by atomic mass is 32.1. The van der Waals surface area contributed by atoms with Crippen molar-refractivity contribution >= 4 is 11.3 Å². The lowest BCUT2D eigenvalue weighted by Crippen LogP contribution is -2.09. The van der Waals surface area contributed by atoms with Crippen LogP contribution in [0.4, 0.5) is 0 Å². The summed E-state index contributed by atoms with van der Waals surface area (Å²) in [4.78, 5) is 14.3. The molecule has 0 unspecified atom stereocenters. The number of nitrogens with zero attached hydrogens (tertiary/aromatic N) is 7. The molecule has 4 aromatic heterocycles. The second-order valence-electron chi connectivity index (χ2n) is 5.82. The first-order valence-corrected chi connectivity index (χ1v) is 9.36. The summed E-state index contributed by atoms with van der Waals surface area (Å²) in [5.74, 6) is 2.34. The quantitative estimate of drug-likeness (QED) is 0.508. The number of hydrogen-bond acceptors (Lipinski definition) is 8. The topological polar surface area (TPSA) is 91.5 Å². The third-order valence-electron chi connectivity index (χ3n) is 3.89. The molecule has 4 rings (SSSR count). The van der Waals surface area contributed by atoms with E-state index in [1.165, 1.54) is 0 Å². The van der Waals surface area contributed by atoms with Gasteiger partial charge in [0.15, 0.2) is 24.1 Å². The van der Waals surface area contributed by atoms with Crippen molar-refractivity contribution in [1.82, 2.24) is 35.2 Å². The van der Waals surface area contributed by atoms with E-state index >= 15 is 0 Å². The Kier molecular flexibility index (Phi) is 4.84. The molecule has 0 fully saturated rings. The summed E-state index contributed by atoms with van der Waals surface area (Å²) in [5.41, 5.74) is 2.00. The van der Waals surface area contributed by atoms with Crippen molar-refractivity contribution in [3.63, 3.8) is 0 Å². The summed E-state index contributed by atoms with van der Waals surface area (Å²) in [6.07, 6.45) is 2.66. The molecule has 0 amide bonds. The van der Waals surface area contributed by atoms with Crippen molar-refractivity contribution in [3.8, 4) is 22.4 Å². The molecule has 0 saturated heterocycles. The van der Waals surface area contributed by atoms with Gasteiger partial charge in [-0.05, 0) is 52.9 Å². The van der Waals surface area contributed by atoms with Gasteiger partial charge in [-0.1, -0.05) is 13.0 Å². The van der Waals surface area contributed by atoms with E-state index in [1.54, 1.807) is 28.3 Å². The van der Waals surface area contributed by atoms with Gasteiger partial charge in [-0.2, -0.15) is 9.67 Å². The summed E-state index contributed by atoms with van der Waals surface area (Å²) < 4.78 is 7.43. The number of pyridine rings is 1. The van der Waals surface area contributed by atoms with Crippen molar-refractivity contribution in [2.75, 3.05) is 0 Å². The number of tetrazole rings is 1. The van der Waals surface area contributed by atoms with Crippen molar-refractivity contribution < 1.29 is 4.74 Å². The third kappa shape index (κ3) is 3.82. The van der Waals surface area contributed by atoms with Gasteiger partial charge < -0.3 is 4.74 Å². The summed E-state index contributed by atoms with van der Waals surface area (Å²) in [6, 6.07) is 9.68. The third-order valence-corrected chi connectivity index (χ3v) is 4.76. The molecule has 136 valence electrons. The largest absolute Gasteiger partial charge is 0.469 e. The Bertz CT molecular complexity index is 1050. The van der Waals surface area contributed by atoms with Crippen LogP contribution in [0, 0.1) is 6.92 Å². The molecule has 4 aromatic rings. The fraction of sp³-hybridized carbons (Fsp3) is 0.222. The molecule has 0 radical (unpaired) electrons. The van der Waals surface area contributed by atoms with Gasteiger partial charge >= 0.3 is 0 Å². The van der Waals surface area contributed by atoms with Gasteiger partial charge in [-0.25, -0.2) is 9.97 Å². The Morgan fingerprint density at radius 3 is 2.93 bits per heavy atom. The number of rotatable bonds is 6. The molecule has 8 nitrogen and oxygen atoms in total. The summed E-state index contributed by atoms with van der Waals surface area (Å²) in [7, 11) is 0. The Hall–Kier alpha value is -3.20. The Labute approximate surface area is 159 Å². The Morgan fingerprint density at radius 1 is 1.19 bits per heavy atom. The van der Waals surface area contributed by atoms with Gasteiger partial charge in [-0.15, -0.1) is 16.4 Å². The second kappa shape index (κ2) is 7.58. The Balaban J connectivity index is 1.56. The monoisotopic (exact) mass is 379 g/mol. The second-order valence-corrected chi connectivity index (χ2v) is 6.77. The maximum absolute atomic E-state index is 5.85. The van der Waals surface area contributed by atoms with Crippen LogP contribution in [0.25, 0.3) is 16.5 Å². The first-order chi connectivity index (χ1) is 13.2. The predicted octanol–water partition coefficient (Wildman–Crippen LogP) is 3.03. The van der Waals surface area contributed by atoms with E-state index in [9.17, 15) is 0 Å². The smallest absolute Gasteiger partial charge is 0.217 e. The molecule has 0 bridgehead atoms. The molecule has 0 aromatic carbocycles. The molecule has 4 heterocycles. The minimum absolute atomic E-state index is 0.172. The molecule has 0 spiro atoms. The molecule has 0 saturated carbocycles. The van der Waals surface area contributed by atoms with Gasteiger partial charge in [0.2, 0.25) is 5.88 Å². The molecule has 27 heavy (non-hydrogen) atoms. The minimum Gasteiger partial charge on any atom is -0.469 e. The van der Waals surface area contributed by atoms with E-state index in [-0.39, 0.29) is 6.61 Å². The maximum Gasteiger partial charge on any atom is 0.217 e. The first-order valence-electron chi connectivity index (χ1n) is 8.48. The van der Waals surface area contributed by atoms with Crippen molar-refractivity contribution in [2.24, 2.45) is 0 Å². The zero-order valence-corrected chi connectivity index (χ0v) is 15.7. The van der Waals surface area contributed by atoms with Gasteiger partial charge in [0.25, 0.3) is 0 Å². The van der Waals surface area contributed by atoms with Crippen LogP contribution in [-0.4, -0.2) is 35.2 Å². The summed E-state index contributed by atoms with van der Waals surface area (Å²) in [5, 5.41) is 13.8. The van der Waals surface area contributed by atoms with Crippen LogP contribution < -0.4 is 4.74 Å². The molecular weight excluding hydrogens is 362 g/mol. The van der Waals surface area contributed by atoms with Crippen LogP contribution in [0.5, 0.6) is 5.88 Å².